The highest BCUT2D eigenvalue weighted by Crippen LogP contribution is 2.32. The van der Waals surface area contributed by atoms with Gasteiger partial charge in [-0.3, -0.25) is 9.69 Å². The summed E-state index contributed by atoms with van der Waals surface area (Å²) in [5, 5.41) is 4.44. The Bertz CT molecular complexity index is 768. The molecule has 2 aromatic rings. The first-order chi connectivity index (χ1) is 11.6. The lowest BCUT2D eigenvalue weighted by Crippen LogP contribution is -2.44. The Morgan fingerprint density at radius 3 is 2.83 bits per heavy atom. The number of carbonyl (C=O) groups is 1. The maximum atomic E-state index is 13.2. The molecule has 0 radical (unpaired) electrons. The summed E-state index contributed by atoms with van der Waals surface area (Å²) < 4.78 is 1.70. The molecule has 0 spiro atoms. The number of aromatic nitrogens is 3. The third-order valence-electron chi connectivity index (χ3n) is 5.51. The van der Waals surface area contributed by atoms with Crippen molar-refractivity contribution in [2.24, 2.45) is 0 Å². The van der Waals surface area contributed by atoms with Gasteiger partial charge in [-0.25, -0.2) is 9.50 Å². The zero-order valence-electron chi connectivity index (χ0n) is 14.6. The van der Waals surface area contributed by atoms with Gasteiger partial charge in [0.15, 0.2) is 5.65 Å². The van der Waals surface area contributed by atoms with E-state index in [0.29, 0.717) is 29.3 Å². The number of amides is 1. The molecule has 2 aliphatic rings. The molecule has 2 bridgehead atoms. The molecule has 2 saturated heterocycles. The number of aryl methyl sites for hydroxylation is 1. The smallest absolute Gasteiger partial charge is 0.259 e. The van der Waals surface area contributed by atoms with E-state index in [4.69, 9.17) is 0 Å². The molecule has 128 valence electrons. The molecule has 0 aromatic carbocycles. The van der Waals surface area contributed by atoms with E-state index in [1.165, 1.54) is 12.8 Å². The Labute approximate surface area is 142 Å². The fourth-order valence-electron chi connectivity index (χ4n) is 4.54. The summed E-state index contributed by atoms with van der Waals surface area (Å²) in [4.78, 5) is 22.2. The van der Waals surface area contributed by atoms with Crippen molar-refractivity contribution in [2.75, 3.05) is 13.1 Å². The molecule has 0 saturated carbocycles. The standard InChI is InChI=1S/C18H25N5O/c1-12(2)23-14-5-6-15(23)11-21(10-7-14)18(24)16-13(3)20-22-9-4-8-19-17(16)22/h4,8-9,12,14-15H,5-7,10-11H2,1-3H3. The topological polar surface area (TPSA) is 53.7 Å². The molecule has 4 heterocycles. The van der Waals surface area contributed by atoms with Crippen LogP contribution in [-0.4, -0.2) is 61.5 Å². The fourth-order valence-corrected chi connectivity index (χ4v) is 4.54. The minimum Gasteiger partial charge on any atom is -0.337 e. The minimum atomic E-state index is 0.0810. The predicted molar refractivity (Wildman–Crippen MR) is 92.0 cm³/mol. The van der Waals surface area contributed by atoms with E-state index in [1.54, 1.807) is 10.7 Å². The highest BCUT2D eigenvalue weighted by Gasteiger charge is 2.40. The van der Waals surface area contributed by atoms with Crippen LogP contribution in [-0.2, 0) is 0 Å². The first-order valence-corrected chi connectivity index (χ1v) is 8.93. The maximum absolute atomic E-state index is 13.2. The summed E-state index contributed by atoms with van der Waals surface area (Å²) in [6.45, 7) is 8.07. The molecule has 4 rings (SSSR count). The first-order valence-electron chi connectivity index (χ1n) is 8.93. The quantitative estimate of drug-likeness (QED) is 0.848. The van der Waals surface area contributed by atoms with Crippen molar-refractivity contribution in [1.82, 2.24) is 24.4 Å². The summed E-state index contributed by atoms with van der Waals surface area (Å²) in [7, 11) is 0. The van der Waals surface area contributed by atoms with Crippen LogP contribution >= 0.6 is 0 Å². The van der Waals surface area contributed by atoms with E-state index in [-0.39, 0.29) is 5.91 Å². The van der Waals surface area contributed by atoms with Gasteiger partial charge < -0.3 is 4.90 Å². The normalized spacial score (nSPS) is 24.8. The highest BCUT2D eigenvalue weighted by molar-refractivity contribution is 6.01. The second-order valence-corrected chi connectivity index (χ2v) is 7.31. The number of rotatable bonds is 2. The Balaban J connectivity index is 1.64. The molecule has 24 heavy (non-hydrogen) atoms. The zero-order chi connectivity index (χ0) is 16.8. The third kappa shape index (κ3) is 2.40. The van der Waals surface area contributed by atoms with Crippen LogP contribution in [0, 0.1) is 6.92 Å². The van der Waals surface area contributed by atoms with Crippen molar-refractivity contribution in [2.45, 2.75) is 58.2 Å². The minimum absolute atomic E-state index is 0.0810. The van der Waals surface area contributed by atoms with Crippen LogP contribution < -0.4 is 0 Å². The summed E-state index contributed by atoms with van der Waals surface area (Å²) in [6.07, 6.45) is 7.09. The van der Waals surface area contributed by atoms with Crippen molar-refractivity contribution in [1.29, 1.82) is 0 Å². The second kappa shape index (κ2) is 5.84. The largest absolute Gasteiger partial charge is 0.337 e. The monoisotopic (exact) mass is 327 g/mol. The van der Waals surface area contributed by atoms with Crippen molar-refractivity contribution in [3.05, 3.63) is 29.7 Å². The van der Waals surface area contributed by atoms with Gasteiger partial charge in [0.2, 0.25) is 0 Å². The number of carbonyl (C=O) groups excluding carboxylic acids is 1. The van der Waals surface area contributed by atoms with Gasteiger partial charge in [-0.15, -0.1) is 0 Å². The molecule has 2 aromatic heterocycles. The molecule has 2 unspecified atom stereocenters. The Kier molecular flexibility index (Phi) is 3.79. The van der Waals surface area contributed by atoms with Gasteiger partial charge in [-0.05, 0) is 46.1 Å². The molecule has 0 N–H and O–H groups in total. The van der Waals surface area contributed by atoms with Gasteiger partial charge in [0.1, 0.15) is 5.56 Å². The van der Waals surface area contributed by atoms with Crippen molar-refractivity contribution in [3.63, 3.8) is 0 Å². The Morgan fingerprint density at radius 2 is 2.04 bits per heavy atom. The van der Waals surface area contributed by atoms with Gasteiger partial charge in [0.05, 0.1) is 5.69 Å². The number of fused-ring (bicyclic) bond motifs is 3. The molecule has 2 fully saturated rings. The van der Waals surface area contributed by atoms with E-state index in [0.717, 1.165) is 25.2 Å². The number of hydrogen-bond acceptors (Lipinski definition) is 4. The van der Waals surface area contributed by atoms with E-state index in [9.17, 15) is 4.79 Å². The average molecular weight is 327 g/mol. The van der Waals surface area contributed by atoms with Gasteiger partial charge in [0.25, 0.3) is 5.91 Å². The molecule has 1 amide bonds. The third-order valence-corrected chi connectivity index (χ3v) is 5.51. The van der Waals surface area contributed by atoms with E-state index in [2.05, 4.69) is 28.8 Å². The van der Waals surface area contributed by atoms with E-state index in [1.807, 2.05) is 24.1 Å². The summed E-state index contributed by atoms with van der Waals surface area (Å²) in [5.74, 6) is 0.0810. The van der Waals surface area contributed by atoms with E-state index < -0.39 is 0 Å². The second-order valence-electron chi connectivity index (χ2n) is 7.31. The summed E-state index contributed by atoms with van der Waals surface area (Å²) in [6, 6.07) is 3.48. The van der Waals surface area contributed by atoms with Crippen molar-refractivity contribution < 1.29 is 4.79 Å². The summed E-state index contributed by atoms with van der Waals surface area (Å²) >= 11 is 0. The lowest BCUT2D eigenvalue weighted by Gasteiger charge is -2.32. The number of hydrogen-bond donors (Lipinski definition) is 0. The van der Waals surface area contributed by atoms with Crippen LogP contribution in [0.4, 0.5) is 0 Å². The predicted octanol–water partition coefficient (Wildman–Crippen LogP) is 2.13. The van der Waals surface area contributed by atoms with E-state index >= 15 is 0 Å². The molecular weight excluding hydrogens is 302 g/mol. The maximum Gasteiger partial charge on any atom is 0.259 e. The van der Waals surface area contributed by atoms with Crippen LogP contribution in [0.15, 0.2) is 18.5 Å². The van der Waals surface area contributed by atoms with Crippen molar-refractivity contribution >= 4 is 11.6 Å². The fraction of sp³-hybridized carbons (Fsp3) is 0.611. The van der Waals surface area contributed by atoms with Crippen LogP contribution in [0.5, 0.6) is 0 Å². The molecule has 6 heteroatoms. The molecule has 2 atom stereocenters. The number of nitrogens with zero attached hydrogens (tertiary/aromatic N) is 5. The van der Waals surface area contributed by atoms with Gasteiger partial charge in [-0.2, -0.15) is 5.10 Å². The lowest BCUT2D eigenvalue weighted by molar-refractivity contribution is 0.0729. The first kappa shape index (κ1) is 15.6. The zero-order valence-corrected chi connectivity index (χ0v) is 14.6. The Morgan fingerprint density at radius 1 is 1.25 bits per heavy atom. The summed E-state index contributed by atoms with van der Waals surface area (Å²) in [5.41, 5.74) is 2.08. The SMILES string of the molecule is Cc1nn2cccnc2c1C(=O)N1CCC2CCC(C1)N2C(C)C. The Hall–Kier alpha value is -1.95. The van der Waals surface area contributed by atoms with Crippen LogP contribution in [0.25, 0.3) is 5.65 Å². The van der Waals surface area contributed by atoms with Crippen LogP contribution in [0.3, 0.4) is 0 Å². The molecular formula is C18H25N5O. The number of likely N-dealkylation sites (tertiary alicyclic amines) is 1. The highest BCUT2D eigenvalue weighted by atomic mass is 16.2. The van der Waals surface area contributed by atoms with Gasteiger partial charge in [0, 0.05) is 43.6 Å². The van der Waals surface area contributed by atoms with Gasteiger partial charge in [-0.1, -0.05) is 0 Å². The molecule has 6 nitrogen and oxygen atoms in total. The van der Waals surface area contributed by atoms with Crippen LogP contribution in [0.1, 0.15) is 49.2 Å². The van der Waals surface area contributed by atoms with Crippen molar-refractivity contribution in [3.8, 4) is 0 Å². The van der Waals surface area contributed by atoms with Crippen LogP contribution in [0.2, 0.25) is 0 Å². The van der Waals surface area contributed by atoms with Gasteiger partial charge >= 0.3 is 0 Å². The molecule has 2 aliphatic heterocycles. The molecule has 0 aliphatic carbocycles. The lowest BCUT2D eigenvalue weighted by atomic mass is 10.1. The average Bonchev–Trinajstić information content (AvgIpc) is 3.02.